The van der Waals surface area contributed by atoms with Crippen LogP contribution in [0.5, 0.6) is 17.2 Å². The number of benzene rings is 12. The molecule has 12 aromatic carbocycles. The van der Waals surface area contributed by atoms with E-state index in [-0.39, 0.29) is 32.6 Å². The van der Waals surface area contributed by atoms with E-state index in [0.717, 1.165) is 222 Å². The van der Waals surface area contributed by atoms with E-state index in [9.17, 15) is 28.8 Å². The Labute approximate surface area is 880 Å². The predicted molar refractivity (Wildman–Crippen MR) is 631 cm³/mol. The molecule has 8 N–H and O–H groups in total. The van der Waals surface area contributed by atoms with Crippen LogP contribution in [0.2, 0.25) is 15.1 Å². The lowest BCUT2D eigenvalue weighted by Crippen LogP contribution is -2.17. The Balaban J connectivity index is 0.000000111. The molecule has 0 saturated heterocycles. The average Bonchev–Trinajstić information content (AvgIpc) is 0.772. The number of nitrogens with one attached hydrogen (secondary N) is 4. The number of pyridine rings is 6. The highest BCUT2D eigenvalue weighted by Gasteiger charge is 2.24. The molecule has 12 heterocycles. The smallest absolute Gasteiger partial charge is 0.198 e. The van der Waals surface area contributed by atoms with Gasteiger partial charge >= 0.3 is 0 Å². The molecule has 738 valence electrons. The van der Waals surface area contributed by atoms with Gasteiger partial charge in [0.25, 0.3) is 0 Å². The number of hydrogen-bond donors (Lipinski definition) is 6. The van der Waals surface area contributed by atoms with E-state index in [1.807, 2.05) is 224 Å². The van der Waals surface area contributed by atoms with E-state index in [0.29, 0.717) is 96.4 Å². The molecule has 24 rings (SSSR count). The Kier molecular flexibility index (Phi) is 30.8. The van der Waals surface area contributed by atoms with Crippen LogP contribution in [0.1, 0.15) is 65.7 Å². The number of methoxy groups -OCH3 is 3. The minimum Gasteiger partial charge on any atom is -0.497 e. The maximum absolute atomic E-state index is 13.4. The number of nitrogens with two attached hydrogens (primary N) is 2. The van der Waals surface area contributed by atoms with Crippen molar-refractivity contribution in [3.8, 4) is 17.2 Å². The molecular formula is C116H98Cl3N13O9S6. The van der Waals surface area contributed by atoms with Gasteiger partial charge in [-0.15, -0.1) is 68.0 Å². The molecule has 0 unspecified atom stereocenters. The van der Waals surface area contributed by atoms with Gasteiger partial charge in [0.05, 0.1) is 125 Å². The van der Waals surface area contributed by atoms with Crippen LogP contribution in [0.4, 0.5) is 34.9 Å². The summed E-state index contributed by atoms with van der Waals surface area (Å²) in [5.41, 5.74) is 16.9. The average molecular weight is 2120 g/mol. The SMILES string of the molecule is CCCCCNc1nc2ccccc2c2c(=O)c3cc(OC)ccc3sc12.CCCCNc1nc2ccccc2c2c(=O)c3cc(OC)ccc3sc12.CCCNc1nc2ccccc2c2c(=O)c3ccc(Cl)cc3sc12.COc1ccc2sc3c(NCCCN(C)C)nc4ccccc4c3c(=O)c2c1.Nc1nc2ccccc2c2c(=O)c3c(Cl)cccc3sc12.Nc1nc2ccccc2c2c(=O)c3ccc(Cl)cc3sc12. The number of aromatic nitrogens is 6. The highest BCUT2D eigenvalue weighted by molar-refractivity contribution is 7.27. The van der Waals surface area contributed by atoms with Crippen LogP contribution in [0.15, 0.2) is 284 Å². The van der Waals surface area contributed by atoms with Gasteiger partial charge in [0.15, 0.2) is 32.6 Å². The Morgan fingerprint density at radius 2 is 0.585 bits per heavy atom. The molecule has 0 spiro atoms. The van der Waals surface area contributed by atoms with Gasteiger partial charge in [0, 0.05) is 124 Å². The van der Waals surface area contributed by atoms with Gasteiger partial charge in [0.2, 0.25) is 0 Å². The lowest BCUT2D eigenvalue weighted by atomic mass is 10.1. The highest BCUT2D eigenvalue weighted by Crippen LogP contribution is 2.43. The molecule has 0 bridgehead atoms. The lowest BCUT2D eigenvalue weighted by molar-refractivity contribution is 0.405. The van der Waals surface area contributed by atoms with Gasteiger partial charge in [-0.3, -0.25) is 28.8 Å². The molecule has 0 radical (unpaired) electrons. The number of halogens is 3. The van der Waals surface area contributed by atoms with E-state index < -0.39 is 0 Å². The van der Waals surface area contributed by atoms with Crippen molar-refractivity contribution in [2.45, 2.75) is 65.7 Å². The summed E-state index contributed by atoms with van der Waals surface area (Å²) in [6.07, 6.45) is 7.61. The fourth-order valence-corrected chi connectivity index (χ4v) is 25.6. The number of anilines is 6. The number of para-hydroxylation sites is 6. The molecule has 0 fully saturated rings. The Bertz CT molecular complexity index is 9720. The predicted octanol–water partition coefficient (Wildman–Crippen LogP) is 28.9. The second-order valence-corrected chi connectivity index (χ2v) is 42.7. The summed E-state index contributed by atoms with van der Waals surface area (Å²) in [7, 11) is 8.98. The fraction of sp³-hybridized carbons (Fsp3) is 0.172. The zero-order chi connectivity index (χ0) is 102. The summed E-state index contributed by atoms with van der Waals surface area (Å²) in [6.45, 7) is 10.8. The molecule has 0 amide bonds. The van der Waals surface area contributed by atoms with Crippen molar-refractivity contribution in [1.82, 2.24) is 34.8 Å². The van der Waals surface area contributed by atoms with Crippen LogP contribution in [-0.4, -0.2) is 103 Å². The minimum absolute atomic E-state index is 0.0255. The molecule has 22 nitrogen and oxygen atoms in total. The second-order valence-electron chi connectivity index (χ2n) is 35.2. The van der Waals surface area contributed by atoms with E-state index in [1.54, 1.807) is 97.0 Å². The normalized spacial score (nSPS) is 11.4. The van der Waals surface area contributed by atoms with Gasteiger partial charge in [-0.2, -0.15) is 0 Å². The quantitative estimate of drug-likeness (QED) is 0.0235. The number of rotatable bonds is 20. The first kappa shape index (κ1) is 101. The first-order valence-corrected chi connectivity index (χ1v) is 54.0. The summed E-state index contributed by atoms with van der Waals surface area (Å²) in [5, 5.41) is 28.8. The molecule has 0 atom stereocenters. The lowest BCUT2D eigenvalue weighted by Gasteiger charge is -2.13. The maximum Gasteiger partial charge on any atom is 0.198 e. The zero-order valence-corrected chi connectivity index (χ0v) is 88.4. The van der Waals surface area contributed by atoms with Crippen LogP contribution < -0.4 is 79.5 Å². The monoisotopic (exact) mass is 2110 g/mol. The Hall–Kier alpha value is -14.5. The number of hydrogen-bond acceptors (Lipinski definition) is 28. The molecule has 0 aliphatic rings. The minimum atomic E-state index is -0.0883. The van der Waals surface area contributed by atoms with Crippen molar-refractivity contribution >= 4 is 324 Å². The number of fused-ring (bicyclic) bond motifs is 24. The van der Waals surface area contributed by atoms with E-state index in [1.165, 1.54) is 35.5 Å². The van der Waals surface area contributed by atoms with Crippen molar-refractivity contribution < 1.29 is 14.2 Å². The summed E-state index contributed by atoms with van der Waals surface area (Å²) >= 11 is 27.6. The molecule has 24 aromatic rings. The van der Waals surface area contributed by atoms with Crippen LogP contribution in [-0.2, 0) is 0 Å². The van der Waals surface area contributed by atoms with Gasteiger partial charge in [0.1, 0.15) is 52.2 Å². The van der Waals surface area contributed by atoms with Crippen molar-refractivity contribution in [3.05, 3.63) is 331 Å². The summed E-state index contributed by atoms with van der Waals surface area (Å²) in [5.74, 6) is 6.01. The van der Waals surface area contributed by atoms with Crippen LogP contribution in [0, 0.1) is 0 Å². The summed E-state index contributed by atoms with van der Waals surface area (Å²) in [6, 6.07) is 79.5. The molecule has 31 heteroatoms. The third kappa shape index (κ3) is 20.7. The number of nitrogens with zero attached hydrogens (tertiary/aromatic N) is 7. The van der Waals surface area contributed by atoms with Gasteiger partial charge in [-0.05, 0) is 186 Å². The topological polar surface area (TPSA) is 311 Å². The number of ether oxygens (including phenoxy) is 3. The molecule has 12 aromatic heterocycles. The first-order chi connectivity index (χ1) is 71.5. The fourth-order valence-electron chi connectivity index (χ4n) is 18.0. The van der Waals surface area contributed by atoms with E-state index in [2.05, 4.69) is 71.0 Å². The van der Waals surface area contributed by atoms with Crippen molar-refractivity contribution in [1.29, 1.82) is 0 Å². The van der Waals surface area contributed by atoms with Gasteiger partial charge in [-0.25, -0.2) is 29.9 Å². The largest absolute Gasteiger partial charge is 0.497 e. The number of unbranched alkanes of at least 4 members (excludes halogenated alkanes) is 3. The molecule has 0 saturated carbocycles. The standard InChI is InChI=1S/C22H23N3O2S.C22H22N2O2S.C21H20N2O2S.C19H15ClN2OS.2C16H9ClN2OS/c1-25(2)12-6-11-23-22-21-19(15-7-4-5-8-17(15)24-22)20(26)16-13-14(27-3)9-10-18(16)28-21;1-3-4-7-12-23-22-21-19(15-8-5-6-9-17(15)24-22)20(25)16-13-14(26-2)10-11-18(16)27-21;1-3-4-11-22-21-20-18(14-7-5-6-8-16(14)23-21)19(24)15-12-13(25-2)9-10-17(15)26-20;1-2-9-21-19-18-16(12-5-3-4-6-14(12)22-19)17(23)13-8-7-11(20)10-15(13)24-18;17-9-5-3-7-11-13(9)14(20)12-8-4-1-2-6-10(8)19-16(18)15(12)21-11;17-8-5-6-10-12(7-8)21-15-13(14(10)20)9-3-1-2-4-11(9)19-16(15)18/h4-5,7-10,13H,6,11-12H2,1-3H3,(H,23,24);5-6,8-11,13H,3-4,7,12H2,1-2H3,(H,23,24);5-10,12H,3-4,11H2,1-2H3,(H,22,23);3-8,10H,2,9H2,1H3,(H,21,22);2*1-7H,(H2,18,19). The highest BCUT2D eigenvalue weighted by atomic mass is 35.5. The van der Waals surface area contributed by atoms with Crippen LogP contribution in [0.3, 0.4) is 0 Å². The van der Waals surface area contributed by atoms with Crippen molar-refractivity contribution in [2.75, 3.05) is 101 Å². The molecule has 0 aliphatic carbocycles. The number of nitrogen functional groups attached to an aromatic ring is 2. The summed E-state index contributed by atoms with van der Waals surface area (Å²) < 4.78 is 26.4. The van der Waals surface area contributed by atoms with Gasteiger partial charge in [-0.1, -0.05) is 190 Å². The zero-order valence-electron chi connectivity index (χ0n) is 81.3. The van der Waals surface area contributed by atoms with Crippen molar-refractivity contribution in [2.24, 2.45) is 0 Å². The van der Waals surface area contributed by atoms with Crippen LogP contribution in [0.25, 0.3) is 186 Å². The Morgan fingerprint density at radius 1 is 0.279 bits per heavy atom. The first-order valence-electron chi connectivity index (χ1n) is 48.0. The van der Waals surface area contributed by atoms with Crippen LogP contribution >= 0.6 is 103 Å². The molecular weight excluding hydrogens is 2020 g/mol. The molecule has 0 aliphatic heterocycles. The molecule has 147 heavy (non-hydrogen) atoms. The van der Waals surface area contributed by atoms with Gasteiger partial charge < -0.3 is 51.8 Å². The third-order valence-electron chi connectivity index (χ3n) is 25.2. The maximum atomic E-state index is 13.4. The second kappa shape index (κ2) is 44.8. The van der Waals surface area contributed by atoms with Crippen molar-refractivity contribution in [3.63, 3.8) is 0 Å². The van der Waals surface area contributed by atoms with E-state index in [4.69, 9.17) is 80.4 Å². The summed E-state index contributed by atoms with van der Waals surface area (Å²) in [4.78, 5) is 109. The Morgan fingerprint density at radius 3 is 0.939 bits per heavy atom. The van der Waals surface area contributed by atoms with E-state index >= 15 is 0 Å². The third-order valence-corrected chi connectivity index (χ3v) is 33.0.